The van der Waals surface area contributed by atoms with E-state index in [2.05, 4.69) is 25.4 Å². The Morgan fingerprint density at radius 1 is 1.12 bits per heavy atom. The number of nitrogens with zero attached hydrogens (tertiary/aromatic N) is 7. The van der Waals surface area contributed by atoms with E-state index in [-0.39, 0.29) is 29.6 Å². The van der Waals surface area contributed by atoms with Gasteiger partial charge in [-0.2, -0.15) is 4.98 Å². The Labute approximate surface area is 198 Å². The fraction of sp³-hybridized carbons (Fsp3) is 0.217. The van der Waals surface area contributed by atoms with Gasteiger partial charge >= 0.3 is 0 Å². The summed E-state index contributed by atoms with van der Waals surface area (Å²) in [5.41, 5.74) is 1.89. The lowest BCUT2D eigenvalue weighted by Gasteiger charge is -2.09. The normalized spacial score (nSPS) is 11.4. The maximum absolute atomic E-state index is 12.9. The predicted molar refractivity (Wildman–Crippen MR) is 125 cm³/mol. The second kappa shape index (κ2) is 9.06. The van der Waals surface area contributed by atoms with Crippen molar-refractivity contribution in [2.45, 2.75) is 33.0 Å². The molecule has 5 aromatic rings. The van der Waals surface area contributed by atoms with Crippen LogP contribution in [0.25, 0.3) is 22.6 Å². The first kappa shape index (κ1) is 21.8. The lowest BCUT2D eigenvalue weighted by molar-refractivity contribution is 0.242. The van der Waals surface area contributed by atoms with Crippen LogP contribution in [0, 0.1) is 0 Å². The summed E-state index contributed by atoms with van der Waals surface area (Å²) in [6.45, 7) is 4.38. The van der Waals surface area contributed by atoms with Crippen LogP contribution in [0.4, 0.5) is 0 Å². The van der Waals surface area contributed by atoms with Crippen molar-refractivity contribution in [3.8, 4) is 17.1 Å². The average molecular weight is 478 g/mol. The van der Waals surface area contributed by atoms with Gasteiger partial charge in [0.05, 0.1) is 12.6 Å². The summed E-state index contributed by atoms with van der Waals surface area (Å²) in [5.74, 6) is 1.45. The topological polar surface area (TPSA) is 114 Å². The molecule has 10 nitrogen and oxygen atoms in total. The number of halogens is 1. The van der Waals surface area contributed by atoms with Gasteiger partial charge in [0.2, 0.25) is 11.7 Å². The van der Waals surface area contributed by atoms with E-state index in [4.69, 9.17) is 20.9 Å². The Balaban J connectivity index is 1.35. The van der Waals surface area contributed by atoms with Crippen LogP contribution < -0.4 is 10.3 Å². The summed E-state index contributed by atoms with van der Waals surface area (Å²) in [6.07, 6.45) is 1.51. The Bertz CT molecular complexity index is 1510. The number of ether oxygens (including phenoxy) is 1. The van der Waals surface area contributed by atoms with Crippen molar-refractivity contribution in [2.24, 2.45) is 0 Å². The summed E-state index contributed by atoms with van der Waals surface area (Å²) in [5, 5.41) is 12.7. The van der Waals surface area contributed by atoms with Gasteiger partial charge in [0.25, 0.3) is 5.56 Å². The summed E-state index contributed by atoms with van der Waals surface area (Å²) in [7, 11) is 0. The molecule has 0 saturated carbocycles. The van der Waals surface area contributed by atoms with Crippen LogP contribution >= 0.6 is 11.6 Å². The molecule has 5 rings (SSSR count). The second-order valence-corrected chi connectivity index (χ2v) is 8.37. The van der Waals surface area contributed by atoms with Crippen LogP contribution in [0.5, 0.6) is 5.75 Å². The van der Waals surface area contributed by atoms with Crippen molar-refractivity contribution in [1.82, 2.24) is 34.7 Å². The van der Waals surface area contributed by atoms with Gasteiger partial charge in [0.1, 0.15) is 18.6 Å². The van der Waals surface area contributed by atoms with Crippen LogP contribution in [-0.2, 0) is 13.1 Å². The lowest BCUT2D eigenvalue weighted by Crippen LogP contribution is -2.21. The zero-order chi connectivity index (χ0) is 23.7. The standard InChI is InChI=1S/C23H20ClN7O3/c1-14(2)33-18-8-6-16(7-9-18)21-26-19(34-28-21)12-30-13-25-22-20(23(30)32)27-29-31(22)11-15-4-3-5-17(24)10-15/h3-10,13-14H,11-12H2,1-2H3. The number of aromatic nitrogens is 7. The van der Waals surface area contributed by atoms with Crippen molar-refractivity contribution >= 4 is 22.8 Å². The third-order valence-electron chi connectivity index (χ3n) is 4.97. The molecular weight excluding hydrogens is 458 g/mol. The minimum atomic E-state index is -0.350. The van der Waals surface area contributed by atoms with E-state index < -0.39 is 0 Å². The molecule has 3 aromatic heterocycles. The van der Waals surface area contributed by atoms with Gasteiger partial charge in [-0.25, -0.2) is 9.67 Å². The smallest absolute Gasteiger partial charge is 0.283 e. The quantitative estimate of drug-likeness (QED) is 0.349. The largest absolute Gasteiger partial charge is 0.491 e. The summed E-state index contributed by atoms with van der Waals surface area (Å²) in [4.78, 5) is 21.7. The van der Waals surface area contributed by atoms with Gasteiger partial charge in [-0.1, -0.05) is 34.1 Å². The molecule has 0 saturated heterocycles. The lowest BCUT2D eigenvalue weighted by atomic mass is 10.2. The van der Waals surface area contributed by atoms with Crippen molar-refractivity contribution < 1.29 is 9.26 Å². The Kier molecular flexibility index (Phi) is 5.81. The van der Waals surface area contributed by atoms with E-state index in [0.717, 1.165) is 16.9 Å². The summed E-state index contributed by atoms with van der Waals surface area (Å²) >= 11 is 6.05. The molecule has 0 amide bonds. The van der Waals surface area contributed by atoms with Gasteiger partial charge in [-0.15, -0.1) is 5.10 Å². The zero-order valence-electron chi connectivity index (χ0n) is 18.4. The van der Waals surface area contributed by atoms with Gasteiger partial charge in [0.15, 0.2) is 11.2 Å². The Morgan fingerprint density at radius 2 is 1.94 bits per heavy atom. The molecule has 0 radical (unpaired) electrons. The third kappa shape index (κ3) is 4.53. The first-order valence-electron chi connectivity index (χ1n) is 10.6. The molecule has 0 fully saturated rings. The van der Waals surface area contributed by atoms with E-state index in [9.17, 15) is 4.79 Å². The first-order valence-corrected chi connectivity index (χ1v) is 11.0. The minimum Gasteiger partial charge on any atom is -0.491 e. The molecule has 3 heterocycles. The van der Waals surface area contributed by atoms with Gasteiger partial charge < -0.3 is 9.26 Å². The van der Waals surface area contributed by atoms with E-state index >= 15 is 0 Å². The highest BCUT2D eigenvalue weighted by Gasteiger charge is 2.15. The number of fused-ring (bicyclic) bond motifs is 1. The van der Waals surface area contributed by atoms with Gasteiger partial charge in [-0.3, -0.25) is 9.36 Å². The van der Waals surface area contributed by atoms with Crippen LogP contribution in [0.1, 0.15) is 25.3 Å². The van der Waals surface area contributed by atoms with Crippen LogP contribution in [0.2, 0.25) is 5.02 Å². The molecule has 0 N–H and O–H groups in total. The number of rotatable bonds is 7. The Morgan fingerprint density at radius 3 is 2.71 bits per heavy atom. The monoisotopic (exact) mass is 477 g/mol. The van der Waals surface area contributed by atoms with Crippen molar-refractivity contribution in [2.75, 3.05) is 0 Å². The molecule has 34 heavy (non-hydrogen) atoms. The molecule has 0 bridgehead atoms. The fourth-order valence-electron chi connectivity index (χ4n) is 3.45. The fourth-order valence-corrected chi connectivity index (χ4v) is 3.66. The SMILES string of the molecule is CC(C)Oc1ccc(-c2noc(Cn3cnc4c(nnn4Cc4cccc(Cl)c4)c3=O)n2)cc1. The molecular formula is C23H20ClN7O3. The van der Waals surface area contributed by atoms with E-state index in [1.54, 1.807) is 10.7 Å². The van der Waals surface area contributed by atoms with E-state index in [1.807, 2.05) is 56.3 Å². The number of hydrogen-bond acceptors (Lipinski definition) is 8. The number of hydrogen-bond donors (Lipinski definition) is 0. The van der Waals surface area contributed by atoms with Crippen molar-refractivity contribution in [1.29, 1.82) is 0 Å². The molecule has 172 valence electrons. The molecule has 0 atom stereocenters. The van der Waals surface area contributed by atoms with Gasteiger partial charge in [-0.05, 0) is 55.8 Å². The minimum absolute atomic E-state index is 0.0600. The van der Waals surface area contributed by atoms with E-state index in [0.29, 0.717) is 23.0 Å². The van der Waals surface area contributed by atoms with Crippen LogP contribution in [-0.4, -0.2) is 40.8 Å². The Hall–Kier alpha value is -4.05. The highest BCUT2D eigenvalue weighted by molar-refractivity contribution is 6.30. The summed E-state index contributed by atoms with van der Waals surface area (Å²) < 4.78 is 13.9. The van der Waals surface area contributed by atoms with E-state index in [1.165, 1.54) is 10.9 Å². The third-order valence-corrected chi connectivity index (χ3v) is 5.21. The molecule has 0 unspecified atom stereocenters. The molecule has 0 aliphatic heterocycles. The highest BCUT2D eigenvalue weighted by atomic mass is 35.5. The zero-order valence-corrected chi connectivity index (χ0v) is 19.2. The number of benzene rings is 2. The van der Waals surface area contributed by atoms with Crippen LogP contribution in [0.3, 0.4) is 0 Å². The molecule has 0 spiro atoms. The first-order chi connectivity index (χ1) is 16.5. The molecule has 11 heteroatoms. The maximum atomic E-state index is 12.9. The molecule has 0 aliphatic carbocycles. The van der Waals surface area contributed by atoms with Crippen molar-refractivity contribution in [3.05, 3.63) is 81.7 Å². The second-order valence-electron chi connectivity index (χ2n) is 7.93. The maximum Gasteiger partial charge on any atom is 0.283 e. The average Bonchev–Trinajstić information content (AvgIpc) is 3.44. The predicted octanol–water partition coefficient (Wildman–Crippen LogP) is 3.58. The van der Waals surface area contributed by atoms with Gasteiger partial charge in [0, 0.05) is 10.6 Å². The van der Waals surface area contributed by atoms with Crippen molar-refractivity contribution in [3.63, 3.8) is 0 Å². The molecule has 0 aliphatic rings. The van der Waals surface area contributed by atoms with Crippen LogP contribution in [0.15, 0.2) is 64.2 Å². The highest BCUT2D eigenvalue weighted by Crippen LogP contribution is 2.21. The molecule has 2 aromatic carbocycles. The summed E-state index contributed by atoms with van der Waals surface area (Å²) in [6, 6.07) is 14.8.